The van der Waals surface area contributed by atoms with Gasteiger partial charge in [-0.2, -0.15) is 0 Å². The molecular weight excluding hydrogens is 582 g/mol. The van der Waals surface area contributed by atoms with E-state index >= 15 is 0 Å². The molecule has 0 saturated heterocycles. The lowest BCUT2D eigenvalue weighted by atomic mass is 10.0. The lowest BCUT2D eigenvalue weighted by Crippen LogP contribution is -2.56. The van der Waals surface area contributed by atoms with E-state index in [4.69, 9.17) is 0 Å². The van der Waals surface area contributed by atoms with Gasteiger partial charge in [-0.25, -0.2) is 8.42 Å². The third-order valence-electron chi connectivity index (χ3n) is 7.42. The van der Waals surface area contributed by atoms with Crippen LogP contribution in [0.3, 0.4) is 0 Å². The molecule has 0 unspecified atom stereocenters. The molecule has 0 heterocycles. The highest BCUT2D eigenvalue weighted by molar-refractivity contribution is 7.92. The summed E-state index contributed by atoms with van der Waals surface area (Å²) in [4.78, 5) is 30.1. The molecule has 45 heavy (non-hydrogen) atoms. The molecule has 0 saturated carbocycles. The molecule has 8 heteroatoms. The molecule has 0 aliphatic carbocycles. The van der Waals surface area contributed by atoms with Crippen molar-refractivity contribution in [2.75, 3.05) is 10.8 Å². The quantitative estimate of drug-likeness (QED) is 0.193. The van der Waals surface area contributed by atoms with Gasteiger partial charge in [0.2, 0.25) is 11.8 Å². The summed E-state index contributed by atoms with van der Waals surface area (Å²) >= 11 is 0. The first-order valence-corrected chi connectivity index (χ1v) is 16.7. The van der Waals surface area contributed by atoms with Gasteiger partial charge >= 0.3 is 0 Å². The molecule has 0 fully saturated rings. The molecule has 0 aliphatic heterocycles. The Bertz CT molecular complexity index is 1650. The van der Waals surface area contributed by atoms with E-state index in [0.29, 0.717) is 5.69 Å². The van der Waals surface area contributed by atoms with Crippen molar-refractivity contribution >= 4 is 27.5 Å². The van der Waals surface area contributed by atoms with Gasteiger partial charge in [0.1, 0.15) is 12.6 Å². The van der Waals surface area contributed by atoms with Gasteiger partial charge in [0, 0.05) is 18.5 Å². The van der Waals surface area contributed by atoms with E-state index in [2.05, 4.69) is 19.2 Å². The topological polar surface area (TPSA) is 86.8 Å². The Morgan fingerprint density at radius 1 is 0.733 bits per heavy atom. The zero-order valence-electron chi connectivity index (χ0n) is 26.7. The number of benzene rings is 4. The fraction of sp³-hybridized carbons (Fsp3) is 0.297. The van der Waals surface area contributed by atoms with Crippen molar-refractivity contribution in [3.8, 4) is 0 Å². The third-order valence-corrected chi connectivity index (χ3v) is 9.21. The second-order valence-corrected chi connectivity index (χ2v) is 14.4. The highest BCUT2D eigenvalue weighted by atomic mass is 32.2. The lowest BCUT2D eigenvalue weighted by Gasteiger charge is -2.35. The first-order valence-electron chi connectivity index (χ1n) is 15.2. The smallest absolute Gasteiger partial charge is 0.264 e. The van der Waals surface area contributed by atoms with Crippen LogP contribution >= 0.6 is 0 Å². The van der Waals surface area contributed by atoms with Crippen LogP contribution in [0.1, 0.15) is 57.2 Å². The van der Waals surface area contributed by atoms with Gasteiger partial charge in [-0.1, -0.05) is 105 Å². The number of hydrogen-bond donors (Lipinski definition) is 1. The molecule has 0 aliphatic rings. The minimum Gasteiger partial charge on any atom is -0.350 e. The standard InChI is InChI=1S/C37H43N3O4S/c1-28(2)31-21-23-32(24-22-31)40(45(43,44)33-19-13-8-14-20-33)27-35(41)39(26-30-17-11-7-12-18-30)34(36(42)38-37(3,4)5)25-29-15-9-6-10-16-29/h6-24,28,34H,25-27H2,1-5H3,(H,38,42)/t34-/m0/s1. The minimum absolute atomic E-state index is 0.0756. The van der Waals surface area contributed by atoms with Crippen molar-refractivity contribution < 1.29 is 18.0 Å². The first kappa shape index (κ1) is 33.5. The molecule has 0 bridgehead atoms. The number of carbonyl (C=O) groups is 2. The number of sulfonamides is 1. The summed E-state index contributed by atoms with van der Waals surface area (Å²) < 4.78 is 29.4. The summed E-state index contributed by atoms with van der Waals surface area (Å²) in [6.45, 7) is 9.44. The number of nitrogens with zero attached hydrogens (tertiary/aromatic N) is 2. The molecule has 0 aromatic heterocycles. The van der Waals surface area contributed by atoms with Crippen molar-refractivity contribution in [3.63, 3.8) is 0 Å². The van der Waals surface area contributed by atoms with Crippen molar-refractivity contribution in [1.29, 1.82) is 0 Å². The Morgan fingerprint density at radius 2 is 1.24 bits per heavy atom. The number of amides is 2. The second-order valence-electron chi connectivity index (χ2n) is 12.5. The molecule has 0 radical (unpaired) electrons. The van der Waals surface area contributed by atoms with Gasteiger partial charge in [-0.3, -0.25) is 13.9 Å². The van der Waals surface area contributed by atoms with Gasteiger partial charge in [-0.05, 0) is 67.6 Å². The van der Waals surface area contributed by atoms with Crippen LogP contribution in [0.4, 0.5) is 5.69 Å². The van der Waals surface area contributed by atoms with Gasteiger partial charge < -0.3 is 10.2 Å². The Labute approximate surface area is 268 Å². The third kappa shape index (κ3) is 9.05. The molecule has 4 aromatic rings. The summed E-state index contributed by atoms with van der Waals surface area (Å²) in [5, 5.41) is 3.05. The summed E-state index contributed by atoms with van der Waals surface area (Å²) in [5.41, 5.74) is 2.58. The van der Waals surface area contributed by atoms with Crippen LogP contribution in [0.15, 0.2) is 120 Å². The zero-order chi connectivity index (χ0) is 32.6. The van der Waals surface area contributed by atoms with Crippen LogP contribution in [-0.4, -0.2) is 43.3 Å². The van der Waals surface area contributed by atoms with E-state index in [1.54, 1.807) is 30.3 Å². The van der Waals surface area contributed by atoms with Crippen molar-refractivity contribution in [3.05, 3.63) is 132 Å². The summed E-state index contributed by atoms with van der Waals surface area (Å²) in [5.74, 6) is -0.549. The van der Waals surface area contributed by atoms with Gasteiger partial charge in [0.15, 0.2) is 0 Å². The molecular formula is C37H43N3O4S. The highest BCUT2D eigenvalue weighted by Gasteiger charge is 2.35. The monoisotopic (exact) mass is 625 g/mol. The maximum absolute atomic E-state index is 14.5. The highest BCUT2D eigenvalue weighted by Crippen LogP contribution is 2.27. The number of hydrogen-bond acceptors (Lipinski definition) is 4. The summed E-state index contributed by atoms with van der Waals surface area (Å²) in [7, 11) is -4.14. The SMILES string of the molecule is CC(C)c1ccc(N(CC(=O)N(Cc2ccccc2)[C@@H](Cc2ccccc2)C(=O)NC(C)(C)C)S(=O)(=O)c2ccccc2)cc1. The average molecular weight is 626 g/mol. The van der Waals surface area contributed by atoms with Crippen LogP contribution in [-0.2, 0) is 32.6 Å². The zero-order valence-corrected chi connectivity index (χ0v) is 27.5. The molecule has 236 valence electrons. The second kappa shape index (κ2) is 14.6. The molecule has 1 atom stereocenters. The molecule has 4 aromatic carbocycles. The van der Waals surface area contributed by atoms with Crippen LogP contribution in [0.5, 0.6) is 0 Å². The van der Waals surface area contributed by atoms with Crippen LogP contribution in [0.2, 0.25) is 0 Å². The number of anilines is 1. The van der Waals surface area contributed by atoms with Gasteiger partial charge in [-0.15, -0.1) is 0 Å². The van der Waals surface area contributed by atoms with E-state index in [-0.39, 0.29) is 29.7 Å². The molecule has 4 rings (SSSR count). The van der Waals surface area contributed by atoms with E-state index in [9.17, 15) is 18.0 Å². The maximum atomic E-state index is 14.5. The Kier molecular flexibility index (Phi) is 10.8. The Morgan fingerprint density at radius 3 is 1.76 bits per heavy atom. The van der Waals surface area contributed by atoms with Gasteiger partial charge in [0.05, 0.1) is 10.6 Å². The minimum atomic E-state index is -4.14. The molecule has 7 nitrogen and oxygen atoms in total. The Balaban J connectivity index is 1.80. The summed E-state index contributed by atoms with van der Waals surface area (Å²) in [6, 6.07) is 33.4. The number of rotatable bonds is 12. The Hall–Kier alpha value is -4.43. The van der Waals surface area contributed by atoms with Crippen LogP contribution < -0.4 is 9.62 Å². The average Bonchev–Trinajstić information content (AvgIpc) is 3.02. The van der Waals surface area contributed by atoms with E-state index in [0.717, 1.165) is 21.0 Å². The largest absolute Gasteiger partial charge is 0.350 e. The molecule has 1 N–H and O–H groups in total. The normalized spacial score (nSPS) is 12.4. The molecule has 0 spiro atoms. The predicted octanol–water partition coefficient (Wildman–Crippen LogP) is 6.56. The molecule has 2 amide bonds. The van der Waals surface area contributed by atoms with Crippen molar-refractivity contribution in [2.45, 2.75) is 70.0 Å². The number of nitrogens with one attached hydrogen (secondary N) is 1. The first-order chi connectivity index (χ1) is 21.3. The van der Waals surface area contributed by atoms with Crippen molar-refractivity contribution in [2.24, 2.45) is 0 Å². The fourth-order valence-electron chi connectivity index (χ4n) is 5.06. The summed E-state index contributed by atoms with van der Waals surface area (Å²) in [6.07, 6.45) is 0.260. The lowest BCUT2D eigenvalue weighted by molar-refractivity contribution is -0.140. The van der Waals surface area contributed by atoms with Crippen LogP contribution in [0.25, 0.3) is 0 Å². The predicted molar refractivity (Wildman–Crippen MR) is 180 cm³/mol. The van der Waals surface area contributed by atoms with E-state index in [1.807, 2.05) is 93.6 Å². The van der Waals surface area contributed by atoms with Crippen molar-refractivity contribution in [1.82, 2.24) is 10.2 Å². The van der Waals surface area contributed by atoms with E-state index < -0.39 is 34.1 Å². The number of carbonyl (C=O) groups excluding carboxylic acids is 2. The fourth-order valence-corrected chi connectivity index (χ4v) is 6.50. The maximum Gasteiger partial charge on any atom is 0.264 e. The van der Waals surface area contributed by atoms with Crippen LogP contribution in [0, 0.1) is 0 Å². The van der Waals surface area contributed by atoms with E-state index in [1.165, 1.54) is 17.0 Å². The van der Waals surface area contributed by atoms with Gasteiger partial charge in [0.25, 0.3) is 10.0 Å².